The minimum Gasteiger partial charge on any atom is -0.497 e. The number of hydrogen-bond acceptors (Lipinski definition) is 10. The number of nitrogens with zero attached hydrogens (tertiary/aromatic N) is 4. The minimum atomic E-state index is -0.637. The van der Waals surface area contributed by atoms with Crippen molar-refractivity contribution in [1.82, 2.24) is 19.4 Å². The van der Waals surface area contributed by atoms with E-state index in [1.165, 1.54) is 7.11 Å². The van der Waals surface area contributed by atoms with Crippen LogP contribution in [0.25, 0.3) is 11.0 Å². The Labute approximate surface area is 259 Å². The molecule has 6 rings (SSSR count). The zero-order chi connectivity index (χ0) is 31.0. The van der Waals surface area contributed by atoms with Gasteiger partial charge in [-0.2, -0.15) is 0 Å². The van der Waals surface area contributed by atoms with Gasteiger partial charge in [-0.05, 0) is 70.7 Å². The molecule has 1 aliphatic heterocycles. The molecule has 0 spiro atoms. The van der Waals surface area contributed by atoms with Crippen LogP contribution in [0.1, 0.15) is 57.6 Å². The van der Waals surface area contributed by atoms with Crippen LogP contribution >= 0.6 is 0 Å². The van der Waals surface area contributed by atoms with E-state index < -0.39 is 5.79 Å². The molecule has 0 unspecified atom stereocenters. The van der Waals surface area contributed by atoms with E-state index in [4.69, 9.17) is 28.7 Å². The van der Waals surface area contributed by atoms with Gasteiger partial charge in [0.1, 0.15) is 35.4 Å². The monoisotopic (exact) mass is 607 g/mol. The average Bonchev–Trinajstić information content (AvgIpc) is 3.66. The first kappa shape index (κ1) is 30.6. The van der Waals surface area contributed by atoms with Crippen molar-refractivity contribution >= 4 is 22.8 Å². The zero-order valence-corrected chi connectivity index (χ0v) is 26.6. The van der Waals surface area contributed by atoms with Crippen molar-refractivity contribution in [2.45, 2.75) is 82.6 Å². The van der Waals surface area contributed by atoms with Crippen LogP contribution in [0.2, 0.25) is 0 Å². The summed E-state index contributed by atoms with van der Waals surface area (Å²) in [5.41, 5.74) is 1.88. The number of nitrogens with one attached hydrogen (secondary N) is 1. The lowest BCUT2D eigenvalue weighted by Crippen LogP contribution is -2.46. The third-order valence-electron chi connectivity index (χ3n) is 9.70. The van der Waals surface area contributed by atoms with E-state index in [2.05, 4.69) is 39.1 Å². The maximum absolute atomic E-state index is 11.5. The Kier molecular flexibility index (Phi) is 8.72. The summed E-state index contributed by atoms with van der Waals surface area (Å²) in [7, 11) is 6.98. The molecule has 2 aliphatic carbocycles. The van der Waals surface area contributed by atoms with Gasteiger partial charge in [-0.25, -0.2) is 9.97 Å². The molecule has 11 heteroatoms. The van der Waals surface area contributed by atoms with Gasteiger partial charge in [-0.1, -0.05) is 0 Å². The summed E-state index contributed by atoms with van der Waals surface area (Å²) in [5.74, 6) is 2.44. The first-order chi connectivity index (χ1) is 21.2. The standard InChI is InChI=1S/C33H45N5O6/c1-33(2)43-29-22(18-37(3)23-13-20(14-23)7-10-28(39)42-6)15-26(30(29)44-33)38-12-11-25-31(35-19-36-32(25)38)34-17-21-8-9-24(40-4)16-27(21)41-5/h8-9,11-12,16,19-20,22-23,26,29-30H,7,10,13-15,17-18H2,1-6H3,(H,34,35,36)/t20-,22-,23-,26-,29-,30+/m1/s1. The highest BCUT2D eigenvalue weighted by Crippen LogP contribution is 2.48. The van der Waals surface area contributed by atoms with Crippen LogP contribution in [0, 0.1) is 11.8 Å². The van der Waals surface area contributed by atoms with Gasteiger partial charge in [0, 0.05) is 49.3 Å². The van der Waals surface area contributed by atoms with Crippen molar-refractivity contribution in [2.75, 3.05) is 40.2 Å². The Bertz CT molecular complexity index is 1470. The second-order valence-electron chi connectivity index (χ2n) is 12.9. The van der Waals surface area contributed by atoms with Crippen LogP contribution in [0.4, 0.5) is 5.82 Å². The van der Waals surface area contributed by atoms with Crippen LogP contribution in [-0.4, -0.2) is 84.4 Å². The van der Waals surface area contributed by atoms with Gasteiger partial charge in [0.25, 0.3) is 0 Å². The lowest BCUT2D eigenvalue weighted by Gasteiger charge is -2.42. The van der Waals surface area contributed by atoms with Crippen molar-refractivity contribution in [3.05, 3.63) is 42.4 Å². The maximum Gasteiger partial charge on any atom is 0.305 e. The molecule has 3 fully saturated rings. The van der Waals surface area contributed by atoms with Crippen molar-refractivity contribution in [3.8, 4) is 11.5 Å². The predicted molar refractivity (Wildman–Crippen MR) is 166 cm³/mol. The van der Waals surface area contributed by atoms with Crippen LogP contribution in [0.15, 0.2) is 36.8 Å². The number of aromatic nitrogens is 3. The fraction of sp³-hybridized carbons (Fsp3) is 0.606. The molecule has 0 amide bonds. The molecule has 3 heterocycles. The highest BCUT2D eigenvalue weighted by atomic mass is 16.8. The number of ether oxygens (including phenoxy) is 5. The summed E-state index contributed by atoms with van der Waals surface area (Å²) in [6.45, 7) is 5.50. The summed E-state index contributed by atoms with van der Waals surface area (Å²) in [6, 6.07) is 8.51. The van der Waals surface area contributed by atoms with Crippen molar-refractivity contribution in [3.63, 3.8) is 0 Å². The number of benzene rings is 1. The zero-order valence-electron chi connectivity index (χ0n) is 26.6. The van der Waals surface area contributed by atoms with Gasteiger partial charge in [-0.15, -0.1) is 0 Å². The third kappa shape index (κ3) is 6.09. The fourth-order valence-corrected chi connectivity index (χ4v) is 7.30. The van der Waals surface area contributed by atoms with Crippen molar-refractivity contribution in [1.29, 1.82) is 0 Å². The second-order valence-corrected chi connectivity index (χ2v) is 12.9. The lowest BCUT2D eigenvalue weighted by molar-refractivity contribution is -0.161. The third-order valence-corrected chi connectivity index (χ3v) is 9.70. The largest absolute Gasteiger partial charge is 0.497 e. The Morgan fingerprint density at radius 3 is 2.64 bits per heavy atom. The van der Waals surface area contributed by atoms with Crippen molar-refractivity contribution in [2.24, 2.45) is 11.8 Å². The van der Waals surface area contributed by atoms with E-state index >= 15 is 0 Å². The number of hydrogen-bond donors (Lipinski definition) is 1. The van der Waals surface area contributed by atoms with Gasteiger partial charge >= 0.3 is 5.97 Å². The van der Waals surface area contributed by atoms with Gasteiger partial charge in [0.15, 0.2) is 5.79 Å². The van der Waals surface area contributed by atoms with Gasteiger partial charge in [-0.3, -0.25) is 4.79 Å². The number of carbonyl (C=O) groups is 1. The molecule has 44 heavy (non-hydrogen) atoms. The SMILES string of the molecule is COC(=O)CC[C@H]1C[C@H](N(C)C[C@H]2C[C@@H](n3ccc4c(NCc5ccc(OC)cc5OC)ncnc43)[C@@H]3OC(C)(C)O[C@H]23)C1. The Balaban J connectivity index is 1.15. The van der Waals surface area contributed by atoms with Crippen LogP contribution < -0.4 is 14.8 Å². The summed E-state index contributed by atoms with van der Waals surface area (Å²) >= 11 is 0. The van der Waals surface area contributed by atoms with E-state index in [1.807, 2.05) is 32.0 Å². The number of rotatable bonds is 12. The minimum absolute atomic E-state index is 0.00654. The van der Waals surface area contributed by atoms with E-state index in [0.29, 0.717) is 30.8 Å². The molecule has 11 nitrogen and oxygen atoms in total. The first-order valence-electron chi connectivity index (χ1n) is 15.6. The smallest absolute Gasteiger partial charge is 0.305 e. The summed E-state index contributed by atoms with van der Waals surface area (Å²) in [6.07, 6.45) is 8.27. The van der Waals surface area contributed by atoms with E-state index in [-0.39, 0.29) is 24.2 Å². The summed E-state index contributed by atoms with van der Waals surface area (Å²) in [4.78, 5) is 23.3. The second kappa shape index (κ2) is 12.5. The molecule has 2 aromatic heterocycles. The molecule has 4 atom stereocenters. The molecule has 3 aliphatic rings. The van der Waals surface area contributed by atoms with Crippen molar-refractivity contribution < 1.29 is 28.5 Å². The van der Waals surface area contributed by atoms with Crippen LogP contribution in [0.3, 0.4) is 0 Å². The number of anilines is 1. The van der Waals surface area contributed by atoms with Crippen LogP contribution in [-0.2, 0) is 25.5 Å². The first-order valence-corrected chi connectivity index (χ1v) is 15.6. The molecule has 1 saturated heterocycles. The molecule has 0 bridgehead atoms. The van der Waals surface area contributed by atoms with Gasteiger partial charge in [0.2, 0.25) is 0 Å². The number of esters is 1. The Morgan fingerprint density at radius 1 is 1.09 bits per heavy atom. The van der Waals surface area contributed by atoms with Gasteiger partial charge in [0.05, 0.1) is 38.9 Å². The number of carbonyl (C=O) groups excluding carboxylic acids is 1. The molecule has 238 valence electrons. The Hall–Kier alpha value is -3.41. The quantitative estimate of drug-likeness (QED) is 0.288. The van der Waals surface area contributed by atoms with E-state index in [9.17, 15) is 4.79 Å². The average molecular weight is 608 g/mol. The highest BCUT2D eigenvalue weighted by molar-refractivity contribution is 5.87. The number of methoxy groups -OCH3 is 3. The molecule has 1 aromatic carbocycles. The molecule has 1 N–H and O–H groups in total. The highest BCUT2D eigenvalue weighted by Gasteiger charge is 2.55. The molecule has 2 saturated carbocycles. The topological polar surface area (TPSA) is 109 Å². The molecule has 3 aromatic rings. The van der Waals surface area contributed by atoms with E-state index in [0.717, 1.165) is 66.1 Å². The summed E-state index contributed by atoms with van der Waals surface area (Å²) < 4.78 is 31.1. The predicted octanol–water partition coefficient (Wildman–Crippen LogP) is 4.81. The molecule has 0 radical (unpaired) electrons. The van der Waals surface area contributed by atoms with Gasteiger partial charge < -0.3 is 38.5 Å². The molecular weight excluding hydrogens is 562 g/mol. The van der Waals surface area contributed by atoms with E-state index in [1.54, 1.807) is 20.5 Å². The maximum atomic E-state index is 11.5. The summed E-state index contributed by atoms with van der Waals surface area (Å²) in [5, 5.41) is 4.45. The normalized spacial score (nSPS) is 27.2. The lowest BCUT2D eigenvalue weighted by atomic mass is 9.76. The Morgan fingerprint density at radius 2 is 1.89 bits per heavy atom. The number of fused-ring (bicyclic) bond motifs is 2. The van der Waals surface area contributed by atoms with Crippen LogP contribution in [0.5, 0.6) is 11.5 Å². The fourth-order valence-electron chi connectivity index (χ4n) is 7.30. The molecular formula is C33H45N5O6.